The topological polar surface area (TPSA) is 255 Å². The standard InChI is InChI=1S/C42H40ClN7O5S.3C2HF3O2/c1-47-39-9-5-4-8-37(39)45-41(47)20-21-44-36-18-17-34(25-40(36)50(52)53)56(54,55)46-42(51)30-13-19-38-29(24-30)12-16-33-27-48(22-23-49(33)38)26-31-6-2-3-7-35(31)28-10-14-32(43)15-11-28;3*3-2(4,5)1(6)7/h2-11,13-15,17-19,24-25,33,44H,12,16,20-23,26-27H2,1H3,(H,46,51);3*(H,6,7)/t33-;;;/m0.../s1. The molecular weight excluding hydrogens is 1090 g/mol. The number of carbonyl (C=O) groups excluding carboxylic acids is 1. The van der Waals surface area contributed by atoms with E-state index in [4.69, 9.17) is 41.3 Å². The number of rotatable bonds is 11. The van der Waals surface area contributed by atoms with E-state index in [0.29, 0.717) is 24.0 Å². The molecule has 1 amide bonds. The number of nitrogens with one attached hydrogen (secondary N) is 2. The van der Waals surface area contributed by atoms with Crippen LogP contribution in [0.4, 0.5) is 56.6 Å². The minimum atomic E-state index is -5.08. The van der Waals surface area contributed by atoms with Gasteiger partial charge in [-0.15, -0.1) is 0 Å². The van der Waals surface area contributed by atoms with Gasteiger partial charge in [0.1, 0.15) is 11.5 Å². The molecule has 8 rings (SSSR count). The Kier molecular flexibility index (Phi) is 19.3. The molecule has 18 nitrogen and oxygen atoms in total. The van der Waals surface area contributed by atoms with Gasteiger partial charge in [-0.2, -0.15) is 39.5 Å². The third-order valence-corrected chi connectivity index (χ3v) is 13.1. The first-order chi connectivity index (χ1) is 35.9. The zero-order valence-corrected chi connectivity index (χ0v) is 41.2. The summed E-state index contributed by atoms with van der Waals surface area (Å²) in [6, 6.07) is 33.3. The average Bonchev–Trinajstić information content (AvgIpc) is 3.68. The van der Waals surface area contributed by atoms with E-state index in [9.17, 15) is 62.8 Å². The zero-order valence-electron chi connectivity index (χ0n) is 39.7. The Morgan fingerprint density at radius 3 is 1.96 bits per heavy atom. The summed E-state index contributed by atoms with van der Waals surface area (Å²) >= 11 is 6.14. The number of imidazole rings is 1. The summed E-state index contributed by atoms with van der Waals surface area (Å²) in [4.78, 5) is 60.5. The van der Waals surface area contributed by atoms with E-state index in [1.807, 2.05) is 54.1 Å². The number of fused-ring (bicyclic) bond motifs is 4. The molecule has 0 radical (unpaired) electrons. The molecule has 1 atom stereocenters. The number of carbonyl (C=O) groups is 4. The number of piperazine rings is 1. The van der Waals surface area contributed by atoms with E-state index in [2.05, 4.69) is 61.2 Å². The average molecular weight is 1130 g/mol. The van der Waals surface area contributed by atoms with Crippen LogP contribution in [0.5, 0.6) is 0 Å². The van der Waals surface area contributed by atoms with Crippen LogP contribution in [0, 0.1) is 10.1 Å². The number of nitrogens with zero attached hydrogens (tertiary/aromatic N) is 5. The van der Waals surface area contributed by atoms with Gasteiger partial charge >= 0.3 is 36.4 Å². The van der Waals surface area contributed by atoms with Crippen molar-refractivity contribution < 1.29 is 87.4 Å². The fourth-order valence-electron chi connectivity index (χ4n) is 7.91. The van der Waals surface area contributed by atoms with Gasteiger partial charge in [0.25, 0.3) is 21.6 Å². The summed E-state index contributed by atoms with van der Waals surface area (Å²) in [6.07, 6.45) is -13.1. The van der Waals surface area contributed by atoms with E-state index in [1.165, 1.54) is 23.3 Å². The molecule has 0 spiro atoms. The van der Waals surface area contributed by atoms with E-state index in [0.717, 1.165) is 78.8 Å². The number of hydrogen-bond donors (Lipinski definition) is 5. The summed E-state index contributed by atoms with van der Waals surface area (Å²) in [5.74, 6) is -8.27. The van der Waals surface area contributed by atoms with Gasteiger partial charge in [-0.1, -0.05) is 60.1 Å². The second kappa shape index (κ2) is 24.8. The highest BCUT2D eigenvalue weighted by molar-refractivity contribution is 7.90. The van der Waals surface area contributed by atoms with Crippen molar-refractivity contribution in [2.75, 3.05) is 36.4 Å². The minimum Gasteiger partial charge on any atom is -0.475 e. The molecule has 1 aromatic heterocycles. The number of halogens is 10. The van der Waals surface area contributed by atoms with E-state index >= 15 is 0 Å². The van der Waals surface area contributed by atoms with E-state index in [1.54, 1.807) is 12.1 Å². The molecule has 412 valence electrons. The number of benzene rings is 5. The van der Waals surface area contributed by atoms with Crippen molar-refractivity contribution in [2.24, 2.45) is 7.05 Å². The van der Waals surface area contributed by atoms with Crippen LogP contribution in [0.2, 0.25) is 5.02 Å². The van der Waals surface area contributed by atoms with Gasteiger partial charge in [-0.25, -0.2) is 32.5 Å². The number of carboxylic acids is 3. The van der Waals surface area contributed by atoms with Gasteiger partial charge in [-0.05, 0) is 89.7 Å². The van der Waals surface area contributed by atoms with Crippen LogP contribution in [0.3, 0.4) is 0 Å². The van der Waals surface area contributed by atoms with Gasteiger partial charge < -0.3 is 30.1 Å². The lowest BCUT2D eigenvalue weighted by molar-refractivity contribution is -0.384. The van der Waals surface area contributed by atoms with Gasteiger partial charge in [0.15, 0.2) is 0 Å². The number of hydrogen-bond acceptors (Lipinski definition) is 12. The molecule has 77 heavy (non-hydrogen) atoms. The Balaban J connectivity index is 0.000000440. The van der Waals surface area contributed by atoms with Gasteiger partial charge in [0.05, 0.1) is 20.9 Å². The van der Waals surface area contributed by atoms with Gasteiger partial charge in [0, 0.05) is 74.6 Å². The zero-order chi connectivity index (χ0) is 57.2. The second-order valence-electron chi connectivity index (χ2n) is 16.7. The number of alkyl halides is 9. The highest BCUT2D eigenvalue weighted by Crippen LogP contribution is 2.35. The van der Waals surface area contributed by atoms with Crippen LogP contribution in [-0.4, -0.2) is 118 Å². The van der Waals surface area contributed by atoms with Crippen LogP contribution < -0.4 is 14.9 Å². The first-order valence-electron chi connectivity index (χ1n) is 22.2. The fourth-order valence-corrected chi connectivity index (χ4v) is 9.03. The van der Waals surface area contributed by atoms with Crippen LogP contribution >= 0.6 is 11.6 Å². The number of aryl methyl sites for hydroxylation is 2. The fraction of sp³-hybridized carbons (Fsp3) is 0.271. The third kappa shape index (κ3) is 16.3. The van der Waals surface area contributed by atoms with E-state index < -0.39 is 63.0 Å². The predicted octanol–water partition coefficient (Wildman–Crippen LogP) is 9.11. The van der Waals surface area contributed by atoms with Crippen LogP contribution in [0.1, 0.15) is 33.7 Å². The molecule has 3 heterocycles. The molecule has 29 heteroatoms. The molecule has 2 aliphatic rings. The molecule has 1 saturated heterocycles. The molecule has 2 aliphatic heterocycles. The molecule has 0 saturated carbocycles. The predicted molar refractivity (Wildman–Crippen MR) is 260 cm³/mol. The molecule has 0 unspecified atom stereocenters. The largest absolute Gasteiger partial charge is 0.490 e. The van der Waals surface area contributed by atoms with Crippen molar-refractivity contribution in [1.29, 1.82) is 0 Å². The van der Waals surface area contributed by atoms with Crippen LogP contribution in [-0.2, 0) is 50.8 Å². The van der Waals surface area contributed by atoms with Crippen molar-refractivity contribution in [3.05, 3.63) is 147 Å². The van der Waals surface area contributed by atoms with Crippen molar-refractivity contribution in [3.63, 3.8) is 0 Å². The highest BCUT2D eigenvalue weighted by Gasteiger charge is 2.40. The summed E-state index contributed by atoms with van der Waals surface area (Å²) in [5.41, 5.74) is 7.42. The Labute approximate surface area is 435 Å². The first kappa shape index (κ1) is 59.9. The number of carboxylic acid groups (broad SMARTS) is 3. The number of amides is 1. The number of aromatic nitrogens is 2. The quantitative estimate of drug-likeness (QED) is 0.0461. The highest BCUT2D eigenvalue weighted by atomic mass is 35.5. The summed E-state index contributed by atoms with van der Waals surface area (Å²) in [7, 11) is -2.52. The third-order valence-electron chi connectivity index (χ3n) is 11.5. The lowest BCUT2D eigenvalue weighted by atomic mass is 9.92. The van der Waals surface area contributed by atoms with Crippen molar-refractivity contribution in [3.8, 4) is 11.1 Å². The Morgan fingerprint density at radius 2 is 1.38 bits per heavy atom. The normalized spacial score (nSPS) is 14.4. The SMILES string of the molecule is Cn1c(CCNc2ccc(S(=O)(=O)NC(=O)c3ccc4c(c3)CC[C@H]3CN(Cc5ccccc5-c5ccc(Cl)cc5)CCN43)cc2[N+](=O)[O-])nc2ccccc21.O=C(O)C(F)(F)F.O=C(O)C(F)(F)F.O=C(O)C(F)(F)F. The maximum absolute atomic E-state index is 13.4. The maximum atomic E-state index is 13.4. The molecule has 0 bridgehead atoms. The Morgan fingerprint density at radius 1 is 0.792 bits per heavy atom. The molecule has 1 fully saturated rings. The van der Waals surface area contributed by atoms with Crippen LogP contribution in [0.15, 0.2) is 114 Å². The monoisotopic (exact) mass is 1130 g/mol. The molecular formula is C48H43ClF9N7O11S. The van der Waals surface area contributed by atoms with Crippen molar-refractivity contribution in [1.82, 2.24) is 19.2 Å². The van der Waals surface area contributed by atoms with Gasteiger partial charge in [0.2, 0.25) is 0 Å². The molecule has 6 aromatic rings. The maximum Gasteiger partial charge on any atom is 0.490 e. The number of nitro groups is 1. The second-order valence-corrected chi connectivity index (χ2v) is 18.8. The lowest BCUT2D eigenvalue weighted by Crippen LogP contribution is -2.54. The van der Waals surface area contributed by atoms with E-state index in [-0.39, 0.29) is 16.1 Å². The number of nitro benzene ring substituents is 1. The smallest absolute Gasteiger partial charge is 0.475 e. The Bertz CT molecular complexity index is 3190. The summed E-state index contributed by atoms with van der Waals surface area (Å²) in [6.45, 7) is 3.75. The lowest BCUT2D eigenvalue weighted by Gasteiger charge is -2.46. The summed E-state index contributed by atoms with van der Waals surface area (Å²) in [5, 5.41) is 37.1. The minimum absolute atomic E-state index is 0.163. The van der Waals surface area contributed by atoms with Gasteiger partial charge in [-0.3, -0.25) is 19.8 Å². The summed E-state index contributed by atoms with van der Waals surface area (Å²) < 4.78 is 126. The van der Waals surface area contributed by atoms with Crippen LogP contribution in [0.25, 0.3) is 22.2 Å². The molecule has 5 N–H and O–H groups in total. The first-order valence-corrected chi connectivity index (χ1v) is 24.1. The number of para-hydroxylation sites is 2. The van der Waals surface area contributed by atoms with Crippen molar-refractivity contribution in [2.45, 2.75) is 55.3 Å². The van der Waals surface area contributed by atoms with Crippen molar-refractivity contribution >= 4 is 73.5 Å². The molecule has 0 aliphatic carbocycles. The molecule has 5 aromatic carbocycles. The number of aliphatic carboxylic acids is 3. The number of sulfonamides is 1. The number of anilines is 2. The Hall–Kier alpha value is -7.98.